The average Bonchev–Trinajstić information content (AvgIpc) is 2.39. The van der Waals surface area contributed by atoms with Crippen molar-refractivity contribution >= 4 is 22.9 Å². The third-order valence-electron chi connectivity index (χ3n) is 3.25. The van der Waals surface area contributed by atoms with Crippen LogP contribution in [0, 0.1) is 0 Å². The number of fused-ring (bicyclic) bond motifs is 2. The first-order valence-corrected chi connectivity index (χ1v) is 5.61. The van der Waals surface area contributed by atoms with Crippen LogP contribution in [0.2, 0.25) is 0 Å². The van der Waals surface area contributed by atoms with Gasteiger partial charge < -0.3 is 16.6 Å². The van der Waals surface area contributed by atoms with Crippen LogP contribution in [-0.2, 0) is 0 Å². The van der Waals surface area contributed by atoms with Gasteiger partial charge in [0.2, 0.25) is 0 Å². The molecule has 1 aliphatic carbocycles. The standard InChI is InChI=1S/C14H10N2O3/c15-8-3-1-2-6-10(8)14(19)11-7(12(6)17)4-5-9(16)13(11)18/h1-5,18H,15-16H2. The minimum atomic E-state index is -0.479. The summed E-state index contributed by atoms with van der Waals surface area (Å²) >= 11 is 0. The lowest BCUT2D eigenvalue weighted by Crippen LogP contribution is -2.22. The van der Waals surface area contributed by atoms with E-state index in [1.807, 2.05) is 0 Å². The highest BCUT2D eigenvalue weighted by Gasteiger charge is 2.33. The molecular formula is C14H10N2O3. The first kappa shape index (κ1) is 11.3. The molecular weight excluding hydrogens is 244 g/mol. The molecule has 5 N–H and O–H groups in total. The smallest absolute Gasteiger partial charge is 0.200 e. The lowest BCUT2D eigenvalue weighted by atomic mass is 9.82. The van der Waals surface area contributed by atoms with E-state index in [1.54, 1.807) is 18.2 Å². The first-order valence-electron chi connectivity index (χ1n) is 5.61. The van der Waals surface area contributed by atoms with E-state index in [2.05, 4.69) is 0 Å². The molecule has 0 spiro atoms. The third-order valence-corrected chi connectivity index (χ3v) is 3.25. The molecule has 0 heterocycles. The number of phenols is 1. The second-order valence-corrected chi connectivity index (χ2v) is 4.35. The number of phenolic OH excluding ortho intramolecular Hbond substituents is 1. The Bertz CT molecular complexity index is 751. The van der Waals surface area contributed by atoms with Crippen LogP contribution in [-0.4, -0.2) is 16.7 Å². The van der Waals surface area contributed by atoms with Crippen molar-refractivity contribution in [3.63, 3.8) is 0 Å². The van der Waals surface area contributed by atoms with Crippen molar-refractivity contribution in [3.05, 3.63) is 52.6 Å². The summed E-state index contributed by atoms with van der Waals surface area (Å²) in [4.78, 5) is 24.7. The molecule has 5 heteroatoms. The summed E-state index contributed by atoms with van der Waals surface area (Å²) in [5, 5.41) is 9.91. The molecule has 94 valence electrons. The maximum Gasteiger partial charge on any atom is 0.200 e. The zero-order chi connectivity index (χ0) is 13.7. The molecule has 0 bridgehead atoms. The Morgan fingerprint density at radius 1 is 0.789 bits per heavy atom. The molecule has 0 aliphatic heterocycles. The highest BCUT2D eigenvalue weighted by atomic mass is 16.3. The predicted molar refractivity (Wildman–Crippen MR) is 70.2 cm³/mol. The fraction of sp³-hybridized carbons (Fsp3) is 0. The summed E-state index contributed by atoms with van der Waals surface area (Å²) in [6, 6.07) is 7.54. The highest BCUT2D eigenvalue weighted by molar-refractivity contribution is 6.31. The van der Waals surface area contributed by atoms with E-state index >= 15 is 0 Å². The number of aromatic hydroxyl groups is 1. The molecule has 5 nitrogen and oxygen atoms in total. The molecule has 0 radical (unpaired) electrons. The average molecular weight is 254 g/mol. The van der Waals surface area contributed by atoms with Crippen LogP contribution < -0.4 is 11.5 Å². The summed E-state index contributed by atoms with van der Waals surface area (Å²) < 4.78 is 0. The lowest BCUT2D eigenvalue weighted by Gasteiger charge is -2.20. The van der Waals surface area contributed by atoms with Crippen LogP contribution in [0.3, 0.4) is 0 Å². The highest BCUT2D eigenvalue weighted by Crippen LogP contribution is 2.37. The van der Waals surface area contributed by atoms with E-state index < -0.39 is 5.78 Å². The Labute approximate surface area is 108 Å². The van der Waals surface area contributed by atoms with Gasteiger partial charge in [0.25, 0.3) is 0 Å². The van der Waals surface area contributed by atoms with E-state index in [0.717, 1.165) is 0 Å². The molecule has 2 aromatic carbocycles. The SMILES string of the molecule is Nc1ccc2c(c1O)C(=O)c1c(N)cccc1C2=O. The minimum Gasteiger partial charge on any atom is -0.505 e. The normalized spacial score (nSPS) is 13.1. The molecule has 0 aromatic heterocycles. The van der Waals surface area contributed by atoms with Crippen molar-refractivity contribution in [2.45, 2.75) is 0 Å². The number of hydrogen-bond donors (Lipinski definition) is 3. The molecule has 0 amide bonds. The van der Waals surface area contributed by atoms with Gasteiger partial charge in [0, 0.05) is 16.8 Å². The van der Waals surface area contributed by atoms with E-state index in [4.69, 9.17) is 11.5 Å². The van der Waals surface area contributed by atoms with Crippen molar-refractivity contribution in [1.82, 2.24) is 0 Å². The number of carbonyl (C=O) groups is 2. The fourth-order valence-electron chi connectivity index (χ4n) is 2.31. The van der Waals surface area contributed by atoms with Gasteiger partial charge in [-0.05, 0) is 18.2 Å². The van der Waals surface area contributed by atoms with Gasteiger partial charge in [0.15, 0.2) is 11.6 Å². The molecule has 0 unspecified atom stereocenters. The Balaban J connectivity index is 2.40. The van der Waals surface area contributed by atoms with Gasteiger partial charge in [0.1, 0.15) is 5.75 Å². The van der Waals surface area contributed by atoms with Gasteiger partial charge in [0.05, 0.1) is 16.8 Å². The van der Waals surface area contributed by atoms with Gasteiger partial charge in [-0.3, -0.25) is 9.59 Å². The third kappa shape index (κ3) is 1.35. The van der Waals surface area contributed by atoms with Crippen LogP contribution in [0.4, 0.5) is 11.4 Å². The van der Waals surface area contributed by atoms with Gasteiger partial charge in [-0.15, -0.1) is 0 Å². The number of benzene rings is 2. The topological polar surface area (TPSA) is 106 Å². The fourth-order valence-corrected chi connectivity index (χ4v) is 2.31. The summed E-state index contributed by atoms with van der Waals surface area (Å²) in [5.41, 5.74) is 12.0. The van der Waals surface area contributed by atoms with E-state index in [1.165, 1.54) is 12.1 Å². The van der Waals surface area contributed by atoms with Crippen LogP contribution in [0.25, 0.3) is 0 Å². The van der Waals surface area contributed by atoms with E-state index in [0.29, 0.717) is 0 Å². The maximum absolute atomic E-state index is 12.4. The Morgan fingerprint density at radius 2 is 1.47 bits per heavy atom. The van der Waals surface area contributed by atoms with Crippen molar-refractivity contribution in [3.8, 4) is 5.75 Å². The van der Waals surface area contributed by atoms with Crippen molar-refractivity contribution < 1.29 is 14.7 Å². The van der Waals surface area contributed by atoms with Crippen LogP contribution >= 0.6 is 0 Å². The molecule has 2 aromatic rings. The van der Waals surface area contributed by atoms with Gasteiger partial charge in [-0.25, -0.2) is 0 Å². The second-order valence-electron chi connectivity index (χ2n) is 4.35. The van der Waals surface area contributed by atoms with Gasteiger partial charge in [-0.1, -0.05) is 12.1 Å². The van der Waals surface area contributed by atoms with Gasteiger partial charge >= 0.3 is 0 Å². The predicted octanol–water partition coefficient (Wildman–Crippen LogP) is 1.33. The lowest BCUT2D eigenvalue weighted by molar-refractivity contribution is 0.0977. The molecule has 19 heavy (non-hydrogen) atoms. The summed E-state index contributed by atoms with van der Waals surface area (Å²) in [6.45, 7) is 0. The zero-order valence-corrected chi connectivity index (χ0v) is 9.81. The largest absolute Gasteiger partial charge is 0.505 e. The number of nitrogen functional groups attached to an aromatic ring is 2. The molecule has 1 aliphatic rings. The molecule has 0 saturated carbocycles. The zero-order valence-electron chi connectivity index (χ0n) is 9.81. The van der Waals surface area contributed by atoms with Crippen LogP contribution in [0.5, 0.6) is 5.75 Å². The molecule has 3 rings (SSSR count). The van der Waals surface area contributed by atoms with Crippen molar-refractivity contribution in [1.29, 1.82) is 0 Å². The minimum absolute atomic E-state index is 0.0536. The number of anilines is 2. The monoisotopic (exact) mass is 254 g/mol. The first-order chi connectivity index (χ1) is 9.02. The number of nitrogens with two attached hydrogens (primary N) is 2. The summed E-state index contributed by atoms with van der Waals surface area (Å²) in [7, 11) is 0. The number of rotatable bonds is 0. The maximum atomic E-state index is 12.4. The van der Waals surface area contributed by atoms with Gasteiger partial charge in [-0.2, -0.15) is 0 Å². The Morgan fingerprint density at radius 3 is 2.21 bits per heavy atom. The quantitative estimate of drug-likeness (QED) is 0.414. The Kier molecular flexibility index (Phi) is 2.13. The summed E-state index contributed by atoms with van der Waals surface area (Å²) in [6.07, 6.45) is 0. The number of hydrogen-bond acceptors (Lipinski definition) is 5. The van der Waals surface area contributed by atoms with Crippen LogP contribution in [0.15, 0.2) is 30.3 Å². The molecule has 0 saturated heterocycles. The van der Waals surface area contributed by atoms with E-state index in [-0.39, 0.29) is 45.2 Å². The number of ketones is 2. The molecule has 0 fully saturated rings. The van der Waals surface area contributed by atoms with Crippen molar-refractivity contribution in [2.75, 3.05) is 11.5 Å². The summed E-state index contributed by atoms with van der Waals surface area (Å²) in [5.74, 6) is -1.19. The number of carbonyl (C=O) groups excluding carboxylic acids is 2. The molecule has 0 atom stereocenters. The Hall–Kier alpha value is -2.82. The second kappa shape index (κ2) is 3.58. The van der Waals surface area contributed by atoms with E-state index in [9.17, 15) is 14.7 Å². The van der Waals surface area contributed by atoms with Crippen LogP contribution in [0.1, 0.15) is 31.8 Å². The van der Waals surface area contributed by atoms with Crippen molar-refractivity contribution in [2.24, 2.45) is 0 Å².